The van der Waals surface area contributed by atoms with Crippen molar-refractivity contribution >= 4 is 11.9 Å². The van der Waals surface area contributed by atoms with Gasteiger partial charge in [0.25, 0.3) is 5.91 Å². The fraction of sp³-hybridized carbons (Fsp3) is 0.267. The SMILES string of the molecule is CCn1cc(C(=O)NCCc2ccc(C(=O)O)cc2)cn1. The predicted molar refractivity (Wildman–Crippen MR) is 77.3 cm³/mol. The predicted octanol–water partition coefficient (Wildman–Crippen LogP) is 1.57. The summed E-state index contributed by atoms with van der Waals surface area (Å²) in [5.41, 5.74) is 1.78. The summed E-state index contributed by atoms with van der Waals surface area (Å²) in [6.45, 7) is 3.17. The van der Waals surface area contributed by atoms with E-state index in [2.05, 4.69) is 10.4 Å². The lowest BCUT2D eigenvalue weighted by Gasteiger charge is -2.04. The smallest absolute Gasteiger partial charge is 0.335 e. The van der Waals surface area contributed by atoms with Crippen LogP contribution in [0.25, 0.3) is 0 Å². The van der Waals surface area contributed by atoms with Crippen molar-refractivity contribution < 1.29 is 14.7 Å². The second kappa shape index (κ2) is 6.69. The Bertz CT molecular complexity index is 632. The maximum absolute atomic E-state index is 11.9. The number of carboxylic acid groups (broad SMARTS) is 1. The topological polar surface area (TPSA) is 84.2 Å². The van der Waals surface area contributed by atoms with Gasteiger partial charge in [0.05, 0.1) is 17.3 Å². The third kappa shape index (κ3) is 3.92. The molecule has 110 valence electrons. The van der Waals surface area contributed by atoms with E-state index in [1.54, 1.807) is 41.3 Å². The highest BCUT2D eigenvalue weighted by molar-refractivity contribution is 5.93. The average molecular weight is 287 g/mol. The van der Waals surface area contributed by atoms with Crippen LogP contribution in [-0.2, 0) is 13.0 Å². The van der Waals surface area contributed by atoms with Crippen molar-refractivity contribution in [3.63, 3.8) is 0 Å². The Kier molecular flexibility index (Phi) is 4.71. The molecule has 0 fully saturated rings. The Hall–Kier alpha value is -2.63. The van der Waals surface area contributed by atoms with Gasteiger partial charge in [0, 0.05) is 19.3 Å². The Morgan fingerprint density at radius 1 is 1.24 bits per heavy atom. The van der Waals surface area contributed by atoms with E-state index in [0.29, 0.717) is 18.5 Å². The fourth-order valence-electron chi connectivity index (χ4n) is 1.89. The molecule has 1 aromatic carbocycles. The lowest BCUT2D eigenvalue weighted by molar-refractivity contribution is 0.0696. The number of hydrogen-bond acceptors (Lipinski definition) is 3. The largest absolute Gasteiger partial charge is 0.478 e. The second-order valence-electron chi connectivity index (χ2n) is 4.59. The number of carbonyl (C=O) groups is 2. The number of nitrogens with zero attached hydrogens (tertiary/aromatic N) is 2. The number of carbonyl (C=O) groups excluding carboxylic acids is 1. The zero-order chi connectivity index (χ0) is 15.2. The van der Waals surface area contributed by atoms with E-state index in [9.17, 15) is 9.59 Å². The van der Waals surface area contributed by atoms with Crippen LogP contribution in [0, 0.1) is 0 Å². The van der Waals surface area contributed by atoms with Crippen LogP contribution in [-0.4, -0.2) is 33.3 Å². The summed E-state index contributed by atoms with van der Waals surface area (Å²) in [5, 5.41) is 15.7. The molecule has 0 spiro atoms. The normalized spacial score (nSPS) is 10.3. The fourth-order valence-corrected chi connectivity index (χ4v) is 1.89. The van der Waals surface area contributed by atoms with Crippen molar-refractivity contribution in [2.75, 3.05) is 6.54 Å². The van der Waals surface area contributed by atoms with E-state index >= 15 is 0 Å². The minimum absolute atomic E-state index is 0.156. The van der Waals surface area contributed by atoms with Crippen LogP contribution < -0.4 is 5.32 Å². The molecule has 6 heteroatoms. The number of carboxylic acids is 1. The first-order chi connectivity index (χ1) is 10.1. The first kappa shape index (κ1) is 14.8. The third-order valence-electron chi connectivity index (χ3n) is 3.12. The number of nitrogens with one attached hydrogen (secondary N) is 1. The standard InChI is InChI=1S/C15H17N3O3/c1-2-18-10-13(9-17-18)14(19)16-8-7-11-3-5-12(6-4-11)15(20)21/h3-6,9-10H,2,7-8H2,1H3,(H,16,19)(H,20,21). The van der Waals surface area contributed by atoms with Crippen LogP contribution in [0.2, 0.25) is 0 Å². The molecule has 0 aliphatic heterocycles. The molecule has 0 aliphatic carbocycles. The highest BCUT2D eigenvalue weighted by Crippen LogP contribution is 2.05. The van der Waals surface area contributed by atoms with E-state index < -0.39 is 5.97 Å². The van der Waals surface area contributed by atoms with Crippen molar-refractivity contribution in [2.45, 2.75) is 19.9 Å². The number of aromatic carboxylic acids is 1. The quantitative estimate of drug-likeness (QED) is 0.844. The minimum atomic E-state index is -0.942. The van der Waals surface area contributed by atoms with Gasteiger partial charge in [-0.15, -0.1) is 0 Å². The summed E-state index contributed by atoms with van der Waals surface area (Å²) < 4.78 is 1.69. The first-order valence-electron chi connectivity index (χ1n) is 6.73. The average Bonchev–Trinajstić information content (AvgIpc) is 2.96. The van der Waals surface area contributed by atoms with Crippen molar-refractivity contribution in [3.8, 4) is 0 Å². The van der Waals surface area contributed by atoms with Crippen molar-refractivity contribution in [1.82, 2.24) is 15.1 Å². The Labute approximate surface area is 122 Å². The van der Waals surface area contributed by atoms with Crippen molar-refractivity contribution in [2.24, 2.45) is 0 Å². The molecule has 0 atom stereocenters. The van der Waals surface area contributed by atoms with Gasteiger partial charge in [0.2, 0.25) is 0 Å². The summed E-state index contributed by atoms with van der Waals surface area (Å²) in [6.07, 6.45) is 3.89. The molecule has 2 rings (SSSR count). The van der Waals surface area contributed by atoms with Gasteiger partial charge in [-0.25, -0.2) is 4.79 Å². The molecule has 2 aromatic rings. The van der Waals surface area contributed by atoms with Crippen LogP contribution >= 0.6 is 0 Å². The number of benzene rings is 1. The molecular formula is C15H17N3O3. The number of rotatable bonds is 6. The molecule has 1 aromatic heterocycles. The second-order valence-corrected chi connectivity index (χ2v) is 4.59. The lowest BCUT2D eigenvalue weighted by atomic mass is 10.1. The lowest BCUT2D eigenvalue weighted by Crippen LogP contribution is -2.25. The Morgan fingerprint density at radius 3 is 2.52 bits per heavy atom. The van der Waals surface area contributed by atoms with Gasteiger partial charge < -0.3 is 10.4 Å². The monoisotopic (exact) mass is 287 g/mol. The molecule has 0 bridgehead atoms. The van der Waals surface area contributed by atoms with E-state index in [0.717, 1.165) is 12.1 Å². The van der Waals surface area contributed by atoms with Gasteiger partial charge in [0.1, 0.15) is 0 Å². The van der Waals surface area contributed by atoms with Crippen molar-refractivity contribution in [3.05, 3.63) is 53.3 Å². The molecule has 1 heterocycles. The van der Waals surface area contributed by atoms with Gasteiger partial charge in [0.15, 0.2) is 0 Å². The molecule has 2 N–H and O–H groups in total. The van der Waals surface area contributed by atoms with Crippen LogP contribution in [0.4, 0.5) is 0 Å². The molecule has 6 nitrogen and oxygen atoms in total. The first-order valence-corrected chi connectivity index (χ1v) is 6.73. The summed E-state index contributed by atoms with van der Waals surface area (Å²) >= 11 is 0. The number of aromatic nitrogens is 2. The van der Waals surface area contributed by atoms with Crippen LogP contribution in [0.15, 0.2) is 36.7 Å². The molecule has 1 amide bonds. The zero-order valence-electron chi connectivity index (χ0n) is 11.7. The van der Waals surface area contributed by atoms with E-state index in [-0.39, 0.29) is 11.5 Å². The van der Waals surface area contributed by atoms with Gasteiger partial charge in [-0.05, 0) is 31.0 Å². The summed E-state index contributed by atoms with van der Waals surface area (Å²) in [6, 6.07) is 6.63. The number of amides is 1. The van der Waals surface area contributed by atoms with E-state index in [1.165, 1.54) is 0 Å². The van der Waals surface area contributed by atoms with E-state index in [4.69, 9.17) is 5.11 Å². The highest BCUT2D eigenvalue weighted by Gasteiger charge is 2.07. The molecule has 0 radical (unpaired) electrons. The van der Waals surface area contributed by atoms with Crippen LogP contribution in [0.5, 0.6) is 0 Å². The Morgan fingerprint density at radius 2 is 1.95 bits per heavy atom. The van der Waals surface area contributed by atoms with Gasteiger partial charge in [-0.2, -0.15) is 5.10 Å². The van der Waals surface area contributed by atoms with Crippen LogP contribution in [0.1, 0.15) is 33.2 Å². The molecule has 0 saturated heterocycles. The molecule has 21 heavy (non-hydrogen) atoms. The summed E-state index contributed by atoms with van der Waals surface area (Å²) in [4.78, 5) is 22.6. The molecule has 0 unspecified atom stereocenters. The maximum Gasteiger partial charge on any atom is 0.335 e. The molecular weight excluding hydrogens is 270 g/mol. The highest BCUT2D eigenvalue weighted by atomic mass is 16.4. The molecule has 0 aliphatic rings. The Balaban J connectivity index is 1.83. The van der Waals surface area contributed by atoms with Gasteiger partial charge >= 0.3 is 5.97 Å². The molecule has 0 saturated carbocycles. The number of hydrogen-bond donors (Lipinski definition) is 2. The van der Waals surface area contributed by atoms with Crippen molar-refractivity contribution in [1.29, 1.82) is 0 Å². The number of aryl methyl sites for hydroxylation is 1. The summed E-state index contributed by atoms with van der Waals surface area (Å²) in [7, 11) is 0. The maximum atomic E-state index is 11.9. The van der Waals surface area contributed by atoms with Gasteiger partial charge in [-0.1, -0.05) is 12.1 Å². The van der Waals surface area contributed by atoms with Gasteiger partial charge in [-0.3, -0.25) is 9.48 Å². The third-order valence-corrected chi connectivity index (χ3v) is 3.12. The van der Waals surface area contributed by atoms with Crippen LogP contribution in [0.3, 0.4) is 0 Å². The van der Waals surface area contributed by atoms with E-state index in [1.807, 2.05) is 6.92 Å². The minimum Gasteiger partial charge on any atom is -0.478 e. The summed E-state index contributed by atoms with van der Waals surface area (Å²) in [5.74, 6) is -1.10. The zero-order valence-corrected chi connectivity index (χ0v) is 11.7.